The third-order valence-corrected chi connectivity index (χ3v) is 5.70. The summed E-state index contributed by atoms with van der Waals surface area (Å²) >= 11 is 0. The number of carbonyl (C=O) groups is 1. The van der Waals surface area contributed by atoms with E-state index in [2.05, 4.69) is 65.5 Å². The molecule has 3 atom stereocenters. The molecule has 2 aliphatic rings. The lowest BCUT2D eigenvalue weighted by Crippen LogP contribution is -2.36. The Kier molecular flexibility index (Phi) is 7.29. The number of hydrogen-bond donors (Lipinski definition) is 2. The van der Waals surface area contributed by atoms with Crippen molar-refractivity contribution in [1.29, 1.82) is 0 Å². The van der Waals surface area contributed by atoms with E-state index in [1.54, 1.807) is 0 Å². The van der Waals surface area contributed by atoms with Gasteiger partial charge in [-0.15, -0.1) is 0 Å². The quantitative estimate of drug-likeness (QED) is 0.725. The normalized spacial score (nSPS) is 23.3. The molecule has 1 unspecified atom stereocenters. The van der Waals surface area contributed by atoms with E-state index in [1.165, 1.54) is 5.56 Å². The van der Waals surface area contributed by atoms with Crippen LogP contribution in [0.15, 0.2) is 54.3 Å². The summed E-state index contributed by atoms with van der Waals surface area (Å²) in [6.45, 7) is 5.35. The number of aliphatic hydroxyl groups excluding tert-OH is 1. The molecule has 1 aromatic rings. The van der Waals surface area contributed by atoms with E-state index in [0.29, 0.717) is 0 Å². The van der Waals surface area contributed by atoms with Gasteiger partial charge in [0.05, 0.1) is 18.1 Å². The van der Waals surface area contributed by atoms with Crippen molar-refractivity contribution in [3.63, 3.8) is 0 Å². The molecule has 28 heavy (non-hydrogen) atoms. The first kappa shape index (κ1) is 20.6. The van der Waals surface area contributed by atoms with Crippen LogP contribution < -0.4 is 5.32 Å². The van der Waals surface area contributed by atoms with Crippen molar-refractivity contribution in [1.82, 2.24) is 15.1 Å². The van der Waals surface area contributed by atoms with Crippen molar-refractivity contribution in [3.8, 4) is 0 Å². The number of β-amino-alcohol motifs (C(OH)–C–C–N with tert-alkyl or cyclic N) is 1. The fourth-order valence-corrected chi connectivity index (χ4v) is 3.97. The topological polar surface area (TPSA) is 55.8 Å². The fourth-order valence-electron chi connectivity index (χ4n) is 3.97. The average Bonchev–Trinajstić information content (AvgIpc) is 3.15. The van der Waals surface area contributed by atoms with Crippen molar-refractivity contribution in [3.05, 3.63) is 59.8 Å². The summed E-state index contributed by atoms with van der Waals surface area (Å²) in [6, 6.07) is 10.7. The van der Waals surface area contributed by atoms with E-state index in [-0.39, 0.29) is 24.0 Å². The molecule has 0 saturated carbocycles. The van der Waals surface area contributed by atoms with Gasteiger partial charge in [-0.25, -0.2) is 0 Å². The molecule has 3 rings (SSSR count). The molecule has 1 aliphatic heterocycles. The third kappa shape index (κ3) is 5.24. The SMILES string of the molecule is CCCNC(=O)C1C=CC(N(C)[C@H](CN2CC[C@H](O)C2)c2ccccc2)=CC1. The van der Waals surface area contributed by atoms with E-state index < -0.39 is 0 Å². The largest absolute Gasteiger partial charge is 0.392 e. The van der Waals surface area contributed by atoms with Crippen molar-refractivity contribution in [2.75, 3.05) is 33.2 Å². The number of allylic oxidation sites excluding steroid dienone is 2. The predicted molar refractivity (Wildman–Crippen MR) is 113 cm³/mol. The molecule has 0 radical (unpaired) electrons. The highest BCUT2D eigenvalue weighted by Gasteiger charge is 2.27. The van der Waals surface area contributed by atoms with Crippen LogP contribution in [0.5, 0.6) is 0 Å². The number of benzene rings is 1. The Labute approximate surface area is 168 Å². The minimum absolute atomic E-state index is 0.0763. The van der Waals surface area contributed by atoms with Crippen LogP contribution in [0.4, 0.5) is 0 Å². The number of likely N-dealkylation sites (N-methyl/N-ethyl adjacent to an activating group) is 1. The third-order valence-electron chi connectivity index (χ3n) is 5.70. The van der Waals surface area contributed by atoms with Crippen LogP contribution in [0.25, 0.3) is 0 Å². The van der Waals surface area contributed by atoms with E-state index in [0.717, 1.165) is 51.1 Å². The van der Waals surface area contributed by atoms with Gasteiger partial charge < -0.3 is 15.3 Å². The van der Waals surface area contributed by atoms with Gasteiger partial charge in [0.25, 0.3) is 0 Å². The van der Waals surface area contributed by atoms with Gasteiger partial charge in [0, 0.05) is 38.9 Å². The number of hydrogen-bond acceptors (Lipinski definition) is 4. The van der Waals surface area contributed by atoms with Gasteiger partial charge in [0.2, 0.25) is 5.91 Å². The van der Waals surface area contributed by atoms with Gasteiger partial charge in [-0.05, 0) is 30.9 Å². The Bertz CT molecular complexity index is 701. The zero-order valence-corrected chi connectivity index (χ0v) is 17.1. The van der Waals surface area contributed by atoms with Gasteiger partial charge in [-0.2, -0.15) is 0 Å². The fraction of sp³-hybridized carbons (Fsp3) is 0.522. The van der Waals surface area contributed by atoms with Crippen LogP contribution in [0.1, 0.15) is 37.8 Å². The second-order valence-corrected chi connectivity index (χ2v) is 7.86. The number of likely N-dealkylation sites (tertiary alicyclic amines) is 1. The van der Waals surface area contributed by atoms with Gasteiger partial charge in [0.1, 0.15) is 0 Å². The van der Waals surface area contributed by atoms with Crippen LogP contribution in [-0.4, -0.2) is 60.1 Å². The van der Waals surface area contributed by atoms with Gasteiger partial charge in [-0.3, -0.25) is 9.69 Å². The van der Waals surface area contributed by atoms with Crippen molar-refractivity contribution in [2.45, 2.75) is 38.3 Å². The highest BCUT2D eigenvalue weighted by atomic mass is 16.3. The number of carbonyl (C=O) groups excluding carboxylic acids is 1. The molecule has 0 aromatic heterocycles. The molecular weight excluding hydrogens is 350 g/mol. The first-order valence-corrected chi connectivity index (χ1v) is 10.4. The van der Waals surface area contributed by atoms with Crippen LogP contribution in [0, 0.1) is 5.92 Å². The van der Waals surface area contributed by atoms with Crippen molar-refractivity contribution in [2.24, 2.45) is 5.92 Å². The Morgan fingerprint density at radius 2 is 2.14 bits per heavy atom. The number of nitrogens with one attached hydrogen (secondary N) is 1. The summed E-state index contributed by atoms with van der Waals surface area (Å²) in [5, 5.41) is 12.9. The minimum Gasteiger partial charge on any atom is -0.392 e. The Hall–Kier alpha value is -2.11. The molecule has 1 heterocycles. The molecule has 1 saturated heterocycles. The summed E-state index contributed by atoms with van der Waals surface area (Å²) in [5.41, 5.74) is 2.41. The molecule has 1 aliphatic carbocycles. The van der Waals surface area contributed by atoms with Gasteiger partial charge in [0.15, 0.2) is 0 Å². The summed E-state index contributed by atoms with van der Waals surface area (Å²) in [7, 11) is 2.12. The second kappa shape index (κ2) is 9.89. The van der Waals surface area contributed by atoms with Crippen molar-refractivity contribution >= 4 is 5.91 Å². The van der Waals surface area contributed by atoms with E-state index >= 15 is 0 Å². The maximum Gasteiger partial charge on any atom is 0.227 e. The monoisotopic (exact) mass is 383 g/mol. The lowest BCUT2D eigenvalue weighted by Gasteiger charge is -2.35. The standard InChI is InChI=1S/C23H33N3O2/c1-3-14-24-23(28)19-9-11-20(12-10-19)25(2)22(18-7-5-4-6-8-18)17-26-15-13-21(27)16-26/h4-9,11-12,19,21-22,27H,3,10,13-17H2,1-2H3,(H,24,28)/t19?,21-,22+/m0/s1. The second-order valence-electron chi connectivity index (χ2n) is 7.86. The summed E-state index contributed by atoms with van der Waals surface area (Å²) < 4.78 is 0. The Balaban J connectivity index is 1.69. The first-order chi connectivity index (χ1) is 13.6. The van der Waals surface area contributed by atoms with Crippen LogP contribution in [0.3, 0.4) is 0 Å². The van der Waals surface area contributed by atoms with Crippen LogP contribution in [0.2, 0.25) is 0 Å². The first-order valence-electron chi connectivity index (χ1n) is 10.4. The number of amides is 1. The molecule has 1 aromatic carbocycles. The van der Waals surface area contributed by atoms with Crippen molar-refractivity contribution < 1.29 is 9.90 Å². The highest BCUT2D eigenvalue weighted by molar-refractivity contribution is 5.81. The molecule has 5 heteroatoms. The molecule has 1 fully saturated rings. The summed E-state index contributed by atoms with van der Waals surface area (Å²) in [6.07, 6.45) is 8.60. The zero-order valence-electron chi connectivity index (χ0n) is 17.1. The van der Waals surface area contributed by atoms with E-state index in [1.807, 2.05) is 12.1 Å². The zero-order chi connectivity index (χ0) is 19.9. The number of nitrogens with zero attached hydrogens (tertiary/aromatic N) is 2. The average molecular weight is 384 g/mol. The lowest BCUT2D eigenvalue weighted by atomic mass is 9.96. The maximum absolute atomic E-state index is 12.2. The summed E-state index contributed by atoms with van der Waals surface area (Å²) in [4.78, 5) is 16.9. The predicted octanol–water partition coefficient (Wildman–Crippen LogP) is 2.71. The molecule has 0 spiro atoms. The molecule has 2 N–H and O–H groups in total. The number of rotatable bonds is 8. The van der Waals surface area contributed by atoms with Crippen LogP contribution >= 0.6 is 0 Å². The van der Waals surface area contributed by atoms with Gasteiger partial charge in [-0.1, -0.05) is 49.4 Å². The minimum atomic E-state index is -0.210. The Morgan fingerprint density at radius 3 is 2.75 bits per heavy atom. The Morgan fingerprint density at radius 1 is 1.36 bits per heavy atom. The van der Waals surface area contributed by atoms with Crippen LogP contribution in [-0.2, 0) is 4.79 Å². The molecule has 5 nitrogen and oxygen atoms in total. The van der Waals surface area contributed by atoms with E-state index in [4.69, 9.17) is 0 Å². The molecule has 1 amide bonds. The smallest absolute Gasteiger partial charge is 0.227 e. The highest BCUT2D eigenvalue weighted by Crippen LogP contribution is 2.29. The molecular formula is C23H33N3O2. The molecule has 152 valence electrons. The van der Waals surface area contributed by atoms with Gasteiger partial charge >= 0.3 is 0 Å². The maximum atomic E-state index is 12.2. The lowest BCUT2D eigenvalue weighted by molar-refractivity contribution is -0.123. The number of aliphatic hydroxyl groups is 1. The summed E-state index contributed by atoms with van der Waals surface area (Å²) in [5.74, 6) is 0.0364. The molecule has 0 bridgehead atoms. The van der Waals surface area contributed by atoms with E-state index in [9.17, 15) is 9.90 Å².